The van der Waals surface area contributed by atoms with E-state index in [1.54, 1.807) is 0 Å². The number of carboxylic acids is 3. The number of ketones is 1. The predicted molar refractivity (Wildman–Crippen MR) is 106 cm³/mol. The van der Waals surface area contributed by atoms with E-state index in [-0.39, 0.29) is 18.4 Å². The number of carbonyl (C=O) groups excluding carboxylic acids is 1. The van der Waals surface area contributed by atoms with Gasteiger partial charge >= 0.3 is 17.9 Å². The molecule has 3 rings (SSSR count). The summed E-state index contributed by atoms with van der Waals surface area (Å²) < 4.78 is 0. The average Bonchev–Trinajstić information content (AvgIpc) is 2.71. The SMILES string of the molecule is O=C(O)C1=CC(=C(c2ccc(O)c(C(=O)O)c2)C2CCC(O)C(C(=O)O)C2)C=CC1=O. The van der Waals surface area contributed by atoms with Crippen LogP contribution in [0.5, 0.6) is 5.75 Å². The Hall–Kier alpha value is -3.72. The van der Waals surface area contributed by atoms with Gasteiger partial charge in [0.1, 0.15) is 16.9 Å². The molecule has 0 amide bonds. The molecule has 0 aromatic heterocycles. The van der Waals surface area contributed by atoms with Crippen molar-refractivity contribution in [1.29, 1.82) is 0 Å². The number of aliphatic hydroxyl groups excluding tert-OH is 1. The third kappa shape index (κ3) is 4.41. The van der Waals surface area contributed by atoms with Crippen LogP contribution in [0.4, 0.5) is 0 Å². The maximum absolute atomic E-state index is 11.9. The Kier molecular flexibility index (Phi) is 6.07. The van der Waals surface area contributed by atoms with Gasteiger partial charge in [0.25, 0.3) is 0 Å². The average molecular weight is 428 g/mol. The largest absolute Gasteiger partial charge is 0.507 e. The first-order valence-electron chi connectivity index (χ1n) is 9.49. The minimum absolute atomic E-state index is 0.0383. The van der Waals surface area contributed by atoms with Gasteiger partial charge in [0.2, 0.25) is 0 Å². The second kappa shape index (κ2) is 8.57. The number of carboxylic acid groups (broad SMARTS) is 3. The first kappa shape index (κ1) is 22.0. The molecule has 3 unspecified atom stereocenters. The van der Waals surface area contributed by atoms with E-state index in [9.17, 15) is 44.7 Å². The standard InChI is InChI=1S/C22H20O9/c23-16-4-1-10(7-13(16)20(26)27)19(11-2-5-17(24)14(8-11)21(28)29)12-3-6-18(25)15(9-12)22(30)31/h1-2,4-5,7-8,12,15,18,23,25H,3,6,9H2,(H,26,27)(H,28,29)(H,30,31). The van der Waals surface area contributed by atoms with Crippen molar-refractivity contribution < 1.29 is 44.7 Å². The number of benzene rings is 1. The van der Waals surface area contributed by atoms with Crippen molar-refractivity contribution in [2.75, 3.05) is 0 Å². The molecule has 9 nitrogen and oxygen atoms in total. The molecule has 5 N–H and O–H groups in total. The highest BCUT2D eigenvalue weighted by Gasteiger charge is 2.37. The number of hydrogen-bond acceptors (Lipinski definition) is 6. The van der Waals surface area contributed by atoms with Gasteiger partial charge < -0.3 is 25.5 Å². The van der Waals surface area contributed by atoms with Gasteiger partial charge in [-0.25, -0.2) is 9.59 Å². The summed E-state index contributed by atoms with van der Waals surface area (Å²) >= 11 is 0. The maximum atomic E-state index is 11.9. The minimum atomic E-state index is -1.43. The fraction of sp³-hybridized carbons (Fsp3) is 0.273. The van der Waals surface area contributed by atoms with E-state index in [2.05, 4.69) is 0 Å². The Labute approximate surface area is 176 Å². The molecule has 31 heavy (non-hydrogen) atoms. The summed E-state index contributed by atoms with van der Waals surface area (Å²) in [6.45, 7) is 0. The quantitative estimate of drug-likeness (QED) is 0.439. The van der Waals surface area contributed by atoms with Gasteiger partial charge in [-0.15, -0.1) is 0 Å². The number of carbonyl (C=O) groups is 4. The first-order valence-corrected chi connectivity index (χ1v) is 9.49. The smallest absolute Gasteiger partial charge is 0.339 e. The zero-order chi connectivity index (χ0) is 22.9. The van der Waals surface area contributed by atoms with E-state index >= 15 is 0 Å². The van der Waals surface area contributed by atoms with Gasteiger partial charge in [-0.1, -0.05) is 12.1 Å². The number of aliphatic hydroxyl groups is 1. The lowest BCUT2D eigenvalue weighted by molar-refractivity contribution is -0.148. The van der Waals surface area contributed by atoms with E-state index in [0.717, 1.165) is 6.08 Å². The zero-order valence-electron chi connectivity index (χ0n) is 16.2. The number of aliphatic carboxylic acids is 2. The Morgan fingerprint density at radius 1 is 0.968 bits per heavy atom. The van der Waals surface area contributed by atoms with Crippen LogP contribution in [-0.2, 0) is 14.4 Å². The molecule has 1 saturated carbocycles. The number of aromatic carboxylic acids is 1. The maximum Gasteiger partial charge on any atom is 0.339 e. The number of rotatable bonds is 5. The van der Waals surface area contributed by atoms with Crippen molar-refractivity contribution >= 4 is 29.3 Å². The third-order valence-electron chi connectivity index (χ3n) is 5.60. The van der Waals surface area contributed by atoms with Crippen LogP contribution in [-0.4, -0.2) is 55.3 Å². The van der Waals surface area contributed by atoms with Crippen LogP contribution in [0.15, 0.2) is 47.6 Å². The Morgan fingerprint density at radius 2 is 1.68 bits per heavy atom. The highest BCUT2D eigenvalue weighted by Crippen LogP contribution is 2.42. The number of hydrogen-bond donors (Lipinski definition) is 5. The summed E-state index contributed by atoms with van der Waals surface area (Å²) in [5.74, 6) is -6.64. The lowest BCUT2D eigenvalue weighted by Crippen LogP contribution is -2.35. The van der Waals surface area contributed by atoms with Crippen LogP contribution in [0.3, 0.4) is 0 Å². The molecule has 0 heterocycles. The molecule has 0 spiro atoms. The van der Waals surface area contributed by atoms with E-state index < -0.39 is 53.0 Å². The van der Waals surface area contributed by atoms with Crippen molar-refractivity contribution in [2.45, 2.75) is 25.4 Å². The molecule has 2 aliphatic rings. The Balaban J connectivity index is 2.21. The van der Waals surface area contributed by atoms with Gasteiger partial charge in [0.05, 0.1) is 12.0 Å². The molecule has 162 valence electrons. The van der Waals surface area contributed by atoms with Crippen molar-refractivity contribution in [1.82, 2.24) is 0 Å². The molecule has 0 saturated heterocycles. The van der Waals surface area contributed by atoms with Crippen molar-refractivity contribution in [2.24, 2.45) is 11.8 Å². The lowest BCUT2D eigenvalue weighted by Gasteiger charge is -2.33. The van der Waals surface area contributed by atoms with Crippen LogP contribution in [0.25, 0.3) is 5.57 Å². The summed E-state index contributed by atoms with van der Waals surface area (Å²) in [4.78, 5) is 46.4. The first-order chi connectivity index (χ1) is 14.6. The number of aromatic hydroxyl groups is 1. The summed E-state index contributed by atoms with van der Waals surface area (Å²) in [6, 6.07) is 3.86. The molecule has 0 aliphatic heterocycles. The van der Waals surface area contributed by atoms with E-state index in [0.29, 0.717) is 23.1 Å². The molecule has 0 radical (unpaired) electrons. The van der Waals surface area contributed by atoms with Crippen LogP contribution in [0.2, 0.25) is 0 Å². The monoisotopic (exact) mass is 428 g/mol. The fourth-order valence-corrected chi connectivity index (χ4v) is 4.06. The van der Waals surface area contributed by atoms with Crippen molar-refractivity contribution in [3.05, 3.63) is 58.7 Å². The molecule has 0 bridgehead atoms. The van der Waals surface area contributed by atoms with Crippen LogP contribution < -0.4 is 0 Å². The topological polar surface area (TPSA) is 169 Å². The summed E-state index contributed by atoms with van der Waals surface area (Å²) in [5.41, 5.74) is 0.265. The van der Waals surface area contributed by atoms with Gasteiger partial charge in [-0.2, -0.15) is 0 Å². The summed E-state index contributed by atoms with van der Waals surface area (Å²) in [6.07, 6.45) is 3.21. The Bertz CT molecular complexity index is 1060. The molecule has 2 aliphatic carbocycles. The highest BCUT2D eigenvalue weighted by molar-refractivity contribution is 6.22. The van der Waals surface area contributed by atoms with Gasteiger partial charge in [0.15, 0.2) is 5.78 Å². The van der Waals surface area contributed by atoms with Gasteiger partial charge in [-0.05, 0) is 66.2 Å². The molecular weight excluding hydrogens is 408 g/mol. The molecular formula is C22H20O9. The number of phenols is 1. The third-order valence-corrected chi connectivity index (χ3v) is 5.60. The van der Waals surface area contributed by atoms with Crippen molar-refractivity contribution in [3.8, 4) is 5.75 Å². The second-order valence-corrected chi connectivity index (χ2v) is 7.49. The van der Waals surface area contributed by atoms with Crippen LogP contribution >= 0.6 is 0 Å². The van der Waals surface area contributed by atoms with E-state index in [1.165, 1.54) is 30.4 Å². The van der Waals surface area contributed by atoms with E-state index in [1.807, 2.05) is 0 Å². The summed E-state index contributed by atoms with van der Waals surface area (Å²) in [5, 5.41) is 48.1. The van der Waals surface area contributed by atoms with Crippen LogP contribution in [0.1, 0.15) is 35.2 Å². The molecule has 9 heteroatoms. The lowest BCUT2D eigenvalue weighted by atomic mass is 9.72. The predicted octanol–water partition coefficient (Wildman–Crippen LogP) is 1.86. The van der Waals surface area contributed by atoms with Gasteiger partial charge in [-0.3, -0.25) is 9.59 Å². The van der Waals surface area contributed by atoms with Crippen LogP contribution in [0, 0.1) is 11.8 Å². The van der Waals surface area contributed by atoms with E-state index in [4.69, 9.17) is 0 Å². The normalized spacial score (nSPS) is 25.0. The van der Waals surface area contributed by atoms with Gasteiger partial charge in [0, 0.05) is 0 Å². The fourth-order valence-electron chi connectivity index (χ4n) is 4.06. The minimum Gasteiger partial charge on any atom is -0.507 e. The molecule has 1 aromatic carbocycles. The molecule has 3 atom stereocenters. The molecule has 1 aromatic rings. The van der Waals surface area contributed by atoms with Crippen molar-refractivity contribution in [3.63, 3.8) is 0 Å². The second-order valence-electron chi connectivity index (χ2n) is 7.49. The summed E-state index contributed by atoms with van der Waals surface area (Å²) in [7, 11) is 0. The molecule has 1 fully saturated rings. The zero-order valence-corrected chi connectivity index (χ0v) is 16.2. The number of allylic oxidation sites excluding steroid dienone is 5. The Morgan fingerprint density at radius 3 is 2.29 bits per heavy atom. The highest BCUT2D eigenvalue weighted by atomic mass is 16.4.